The summed E-state index contributed by atoms with van der Waals surface area (Å²) in [6.07, 6.45) is 0.325. The van der Waals surface area contributed by atoms with Gasteiger partial charge in [0.1, 0.15) is 11.8 Å². The molecule has 0 aliphatic rings. The Balaban J connectivity index is 2.55. The van der Waals surface area contributed by atoms with Crippen molar-refractivity contribution in [1.82, 2.24) is 5.32 Å². The van der Waals surface area contributed by atoms with Gasteiger partial charge in [0, 0.05) is 5.69 Å². The number of aliphatic carboxylic acids is 1. The van der Waals surface area contributed by atoms with Crippen LogP contribution in [0.4, 0.5) is 10.5 Å². The number of carbonyl (C=O) groups excluding carboxylic acids is 1. The average Bonchev–Trinajstić information content (AvgIpc) is 2.36. The number of ether oxygens (including phenoxy) is 1. The second kappa shape index (κ2) is 6.48. The van der Waals surface area contributed by atoms with E-state index >= 15 is 0 Å². The molecule has 1 aromatic rings. The lowest BCUT2D eigenvalue weighted by atomic mass is 10.2. The van der Waals surface area contributed by atoms with E-state index in [2.05, 4.69) is 10.6 Å². The Kier molecular flexibility index (Phi) is 4.98. The maximum atomic E-state index is 11.5. The first-order valence-electron chi connectivity index (χ1n) is 5.51. The minimum Gasteiger partial charge on any atom is -0.497 e. The number of urea groups is 1. The van der Waals surface area contributed by atoms with Crippen LogP contribution in [-0.4, -0.2) is 30.3 Å². The Bertz CT molecular complexity index is 417. The first kappa shape index (κ1) is 13.8. The lowest BCUT2D eigenvalue weighted by Gasteiger charge is -2.13. The number of amides is 2. The molecule has 0 spiro atoms. The van der Waals surface area contributed by atoms with Crippen LogP contribution in [0.5, 0.6) is 5.75 Å². The van der Waals surface area contributed by atoms with Crippen LogP contribution < -0.4 is 15.4 Å². The molecule has 0 saturated carbocycles. The molecule has 3 N–H and O–H groups in total. The lowest BCUT2D eigenvalue weighted by molar-refractivity contribution is -0.139. The van der Waals surface area contributed by atoms with Gasteiger partial charge in [0.05, 0.1) is 7.11 Å². The molecule has 0 aromatic heterocycles. The normalized spacial score (nSPS) is 11.4. The third-order valence-corrected chi connectivity index (χ3v) is 2.36. The zero-order valence-electron chi connectivity index (χ0n) is 10.3. The summed E-state index contributed by atoms with van der Waals surface area (Å²) >= 11 is 0. The smallest absolute Gasteiger partial charge is 0.326 e. The highest BCUT2D eigenvalue weighted by molar-refractivity contribution is 5.92. The second-order valence-electron chi connectivity index (χ2n) is 3.63. The highest BCUT2D eigenvalue weighted by Gasteiger charge is 2.17. The Morgan fingerprint density at radius 3 is 2.39 bits per heavy atom. The van der Waals surface area contributed by atoms with Crippen molar-refractivity contribution < 1.29 is 19.4 Å². The molecule has 1 aromatic carbocycles. The molecule has 98 valence electrons. The van der Waals surface area contributed by atoms with Crippen molar-refractivity contribution >= 4 is 17.7 Å². The SMILES string of the molecule is CCC(NC(=O)Nc1ccc(OC)cc1)C(=O)O. The third kappa shape index (κ3) is 3.97. The molecule has 0 fully saturated rings. The zero-order chi connectivity index (χ0) is 13.5. The van der Waals surface area contributed by atoms with Crippen LogP contribution >= 0.6 is 0 Å². The number of hydrogen-bond acceptors (Lipinski definition) is 3. The summed E-state index contributed by atoms with van der Waals surface area (Å²) in [4.78, 5) is 22.3. The van der Waals surface area contributed by atoms with Gasteiger partial charge < -0.3 is 20.5 Å². The van der Waals surface area contributed by atoms with E-state index in [-0.39, 0.29) is 0 Å². The van der Waals surface area contributed by atoms with Gasteiger partial charge in [-0.15, -0.1) is 0 Å². The third-order valence-electron chi connectivity index (χ3n) is 2.36. The van der Waals surface area contributed by atoms with E-state index in [1.807, 2.05) is 0 Å². The maximum absolute atomic E-state index is 11.5. The van der Waals surface area contributed by atoms with Crippen LogP contribution in [0.2, 0.25) is 0 Å². The van der Waals surface area contributed by atoms with Crippen molar-refractivity contribution in [2.45, 2.75) is 19.4 Å². The molecule has 18 heavy (non-hydrogen) atoms. The van der Waals surface area contributed by atoms with Crippen LogP contribution in [0.15, 0.2) is 24.3 Å². The second-order valence-corrected chi connectivity index (χ2v) is 3.63. The van der Waals surface area contributed by atoms with Crippen molar-refractivity contribution in [3.05, 3.63) is 24.3 Å². The van der Waals surface area contributed by atoms with Crippen molar-refractivity contribution in [3.63, 3.8) is 0 Å². The minimum atomic E-state index is -1.05. The molecule has 6 nitrogen and oxygen atoms in total. The molecule has 0 radical (unpaired) electrons. The van der Waals surface area contributed by atoms with Crippen molar-refractivity contribution in [2.75, 3.05) is 12.4 Å². The first-order valence-corrected chi connectivity index (χ1v) is 5.51. The molecule has 0 aliphatic heterocycles. The molecular weight excluding hydrogens is 236 g/mol. The molecule has 0 aliphatic carbocycles. The number of hydrogen-bond donors (Lipinski definition) is 3. The number of anilines is 1. The highest BCUT2D eigenvalue weighted by Crippen LogP contribution is 2.14. The van der Waals surface area contributed by atoms with Crippen molar-refractivity contribution in [3.8, 4) is 5.75 Å². The molecule has 0 bridgehead atoms. The lowest BCUT2D eigenvalue weighted by Crippen LogP contribution is -2.42. The van der Waals surface area contributed by atoms with Crippen molar-refractivity contribution in [2.24, 2.45) is 0 Å². The summed E-state index contributed by atoms with van der Waals surface area (Å²) in [6, 6.07) is 5.30. The average molecular weight is 252 g/mol. The Morgan fingerprint density at radius 1 is 1.33 bits per heavy atom. The standard InChI is InChI=1S/C12H16N2O4/c1-3-10(11(15)16)14-12(17)13-8-4-6-9(18-2)7-5-8/h4-7,10H,3H2,1-2H3,(H,15,16)(H2,13,14,17). The van der Waals surface area contributed by atoms with E-state index in [1.165, 1.54) is 0 Å². The predicted molar refractivity (Wildman–Crippen MR) is 66.9 cm³/mol. The minimum absolute atomic E-state index is 0.325. The monoisotopic (exact) mass is 252 g/mol. The molecule has 6 heteroatoms. The summed E-state index contributed by atoms with van der Waals surface area (Å²) in [5.41, 5.74) is 0.563. The van der Waals surface area contributed by atoms with Gasteiger partial charge in [-0.1, -0.05) is 6.92 Å². The van der Waals surface area contributed by atoms with Gasteiger partial charge in [-0.3, -0.25) is 0 Å². The molecule has 0 heterocycles. The molecule has 1 rings (SSSR count). The number of carbonyl (C=O) groups is 2. The maximum Gasteiger partial charge on any atom is 0.326 e. The molecule has 1 unspecified atom stereocenters. The van der Waals surface area contributed by atoms with Gasteiger partial charge in [-0.25, -0.2) is 9.59 Å². The molecular formula is C12H16N2O4. The van der Waals surface area contributed by atoms with E-state index in [1.54, 1.807) is 38.3 Å². The number of rotatable bonds is 5. The van der Waals surface area contributed by atoms with E-state index in [0.29, 0.717) is 17.9 Å². The zero-order valence-corrected chi connectivity index (χ0v) is 10.3. The fourth-order valence-corrected chi connectivity index (χ4v) is 1.34. The molecule has 0 saturated heterocycles. The first-order chi connectivity index (χ1) is 8.56. The van der Waals surface area contributed by atoms with Gasteiger partial charge in [0.2, 0.25) is 0 Å². The Labute approximate surface area is 105 Å². The largest absolute Gasteiger partial charge is 0.497 e. The predicted octanol–water partition coefficient (Wildman–Crippen LogP) is 1.68. The quantitative estimate of drug-likeness (QED) is 0.744. The van der Waals surface area contributed by atoms with Gasteiger partial charge >= 0.3 is 12.0 Å². The van der Waals surface area contributed by atoms with Crippen LogP contribution in [0.1, 0.15) is 13.3 Å². The van der Waals surface area contributed by atoms with Crippen LogP contribution in [0, 0.1) is 0 Å². The Morgan fingerprint density at radius 2 is 1.94 bits per heavy atom. The summed E-state index contributed by atoms with van der Waals surface area (Å²) in [7, 11) is 1.55. The Hall–Kier alpha value is -2.24. The van der Waals surface area contributed by atoms with Gasteiger partial charge in [0.25, 0.3) is 0 Å². The van der Waals surface area contributed by atoms with Crippen LogP contribution in [0.25, 0.3) is 0 Å². The summed E-state index contributed by atoms with van der Waals surface area (Å²) in [5, 5.41) is 13.7. The van der Waals surface area contributed by atoms with Crippen LogP contribution in [-0.2, 0) is 4.79 Å². The highest BCUT2D eigenvalue weighted by atomic mass is 16.5. The summed E-state index contributed by atoms with van der Waals surface area (Å²) < 4.78 is 4.98. The van der Waals surface area contributed by atoms with Crippen LogP contribution in [0.3, 0.4) is 0 Å². The van der Waals surface area contributed by atoms with E-state index < -0.39 is 18.0 Å². The fourth-order valence-electron chi connectivity index (χ4n) is 1.34. The van der Waals surface area contributed by atoms with Gasteiger partial charge in [0.15, 0.2) is 0 Å². The number of carboxylic acids is 1. The number of carboxylic acid groups (broad SMARTS) is 1. The molecule has 2 amide bonds. The number of nitrogens with one attached hydrogen (secondary N) is 2. The number of benzene rings is 1. The van der Waals surface area contributed by atoms with E-state index in [4.69, 9.17) is 9.84 Å². The summed E-state index contributed by atoms with van der Waals surface area (Å²) in [6.45, 7) is 1.69. The van der Waals surface area contributed by atoms with E-state index in [0.717, 1.165) is 0 Å². The van der Waals surface area contributed by atoms with Gasteiger partial charge in [-0.05, 0) is 30.7 Å². The molecule has 1 atom stereocenters. The summed E-state index contributed by atoms with van der Waals surface area (Å²) in [5.74, 6) is -0.375. The number of methoxy groups -OCH3 is 1. The van der Waals surface area contributed by atoms with E-state index in [9.17, 15) is 9.59 Å². The topological polar surface area (TPSA) is 87.7 Å². The van der Waals surface area contributed by atoms with Gasteiger partial charge in [-0.2, -0.15) is 0 Å². The fraction of sp³-hybridized carbons (Fsp3) is 0.333. The van der Waals surface area contributed by atoms with Crippen molar-refractivity contribution in [1.29, 1.82) is 0 Å².